The molecular formula is C24H22N8O2S. The van der Waals surface area contributed by atoms with E-state index in [0.29, 0.717) is 11.1 Å². The highest BCUT2D eigenvalue weighted by molar-refractivity contribution is 8.00. The molecule has 1 aromatic heterocycles. The second-order valence-corrected chi connectivity index (χ2v) is 8.48. The summed E-state index contributed by atoms with van der Waals surface area (Å²) in [7, 11) is 3.39. The number of pyridine rings is 1. The minimum Gasteiger partial charge on any atom is -0.345 e. The fourth-order valence-corrected chi connectivity index (χ4v) is 4.24. The molecule has 0 aliphatic heterocycles. The van der Waals surface area contributed by atoms with E-state index < -0.39 is 5.56 Å². The highest BCUT2D eigenvalue weighted by Crippen LogP contribution is 2.32. The van der Waals surface area contributed by atoms with Gasteiger partial charge in [0.25, 0.3) is 11.5 Å². The van der Waals surface area contributed by atoms with Crippen LogP contribution in [0.5, 0.6) is 0 Å². The molecule has 2 aromatic carbocycles. The van der Waals surface area contributed by atoms with Gasteiger partial charge in [-0.15, -0.1) is 0 Å². The molecule has 0 saturated heterocycles. The molecule has 1 amide bonds. The molecule has 11 heteroatoms. The summed E-state index contributed by atoms with van der Waals surface area (Å²) in [5, 5.41) is 23.3. The van der Waals surface area contributed by atoms with Crippen molar-refractivity contribution in [3.63, 3.8) is 0 Å². The maximum atomic E-state index is 12.6. The molecule has 35 heavy (non-hydrogen) atoms. The van der Waals surface area contributed by atoms with Crippen LogP contribution in [0, 0.1) is 22.7 Å². The summed E-state index contributed by atoms with van der Waals surface area (Å²) >= 11 is 1.10. The van der Waals surface area contributed by atoms with Gasteiger partial charge >= 0.3 is 0 Å². The molecule has 0 atom stereocenters. The van der Waals surface area contributed by atoms with Gasteiger partial charge in [-0.2, -0.15) is 15.6 Å². The van der Waals surface area contributed by atoms with Crippen molar-refractivity contribution in [2.75, 3.05) is 19.8 Å². The molecule has 0 bridgehead atoms. The Hall–Kier alpha value is -4.58. The predicted molar refractivity (Wildman–Crippen MR) is 135 cm³/mol. The van der Waals surface area contributed by atoms with Crippen LogP contribution in [0.2, 0.25) is 0 Å². The summed E-state index contributed by atoms with van der Waals surface area (Å²) < 4.78 is 0. The van der Waals surface area contributed by atoms with Crippen molar-refractivity contribution in [2.24, 2.45) is 16.8 Å². The van der Waals surface area contributed by atoms with Gasteiger partial charge in [-0.25, -0.2) is 5.84 Å². The van der Waals surface area contributed by atoms with Crippen molar-refractivity contribution in [2.45, 2.75) is 5.03 Å². The highest BCUT2D eigenvalue weighted by atomic mass is 32.2. The van der Waals surface area contributed by atoms with Crippen LogP contribution in [0.25, 0.3) is 22.3 Å². The third-order valence-corrected chi connectivity index (χ3v) is 6.14. The standard InChI is InChI=1S/C24H22N8O2S/c1-32(2)24(34)17-9-5-15(6-10-17)14-3-7-16(8-4-14)21-18(11-25)22(33)29-23(19(21)12-26)35-13-20(30-27)31-28/h3-10H,13,27-28H2,1-2H3,(H,29,33)(H,30,31). The van der Waals surface area contributed by atoms with E-state index in [1.165, 1.54) is 4.90 Å². The number of carbonyl (C=O) groups excluding carboxylic acids is 1. The lowest BCUT2D eigenvalue weighted by Crippen LogP contribution is -2.33. The maximum absolute atomic E-state index is 12.6. The number of benzene rings is 2. The Balaban J connectivity index is 2.02. The second kappa shape index (κ2) is 11.0. The quantitative estimate of drug-likeness (QED) is 0.134. The van der Waals surface area contributed by atoms with Gasteiger partial charge in [0, 0.05) is 25.2 Å². The Bertz CT molecular complexity index is 1410. The lowest BCUT2D eigenvalue weighted by molar-refractivity contribution is 0.0827. The van der Waals surface area contributed by atoms with Gasteiger partial charge in [0.15, 0.2) is 0 Å². The number of aromatic amines is 1. The number of amides is 1. The van der Waals surface area contributed by atoms with Crippen molar-refractivity contribution in [1.29, 1.82) is 10.5 Å². The molecule has 6 N–H and O–H groups in total. The van der Waals surface area contributed by atoms with Crippen LogP contribution in [0.4, 0.5) is 0 Å². The molecule has 0 aliphatic carbocycles. The minimum absolute atomic E-state index is 0.0879. The largest absolute Gasteiger partial charge is 0.345 e. The lowest BCUT2D eigenvalue weighted by Gasteiger charge is -2.13. The maximum Gasteiger partial charge on any atom is 0.267 e. The summed E-state index contributed by atoms with van der Waals surface area (Å²) in [6.45, 7) is 0. The van der Waals surface area contributed by atoms with E-state index in [2.05, 4.69) is 21.6 Å². The van der Waals surface area contributed by atoms with Gasteiger partial charge in [0.05, 0.1) is 16.3 Å². The number of H-pyrrole nitrogens is 1. The number of rotatable bonds is 6. The Morgan fingerprint density at radius 3 is 2.06 bits per heavy atom. The van der Waals surface area contributed by atoms with Gasteiger partial charge in [0.2, 0.25) is 0 Å². The normalized spacial score (nSPS) is 10.8. The van der Waals surface area contributed by atoms with Crippen LogP contribution in [0.15, 0.2) is 63.5 Å². The first kappa shape index (κ1) is 25.1. The number of nitrogens with one attached hydrogen (secondary N) is 2. The zero-order valence-corrected chi connectivity index (χ0v) is 19.8. The number of hydrazone groups is 1. The number of nitriles is 2. The zero-order chi connectivity index (χ0) is 25.5. The van der Waals surface area contributed by atoms with E-state index in [1.54, 1.807) is 38.4 Å². The van der Waals surface area contributed by atoms with Crippen molar-refractivity contribution < 1.29 is 4.79 Å². The minimum atomic E-state index is -0.610. The fourth-order valence-electron chi connectivity index (χ4n) is 3.34. The Morgan fingerprint density at radius 2 is 1.57 bits per heavy atom. The fraction of sp³-hybridized carbons (Fsp3) is 0.125. The number of thioether (sulfide) groups is 1. The second-order valence-electron chi connectivity index (χ2n) is 7.49. The average molecular weight is 487 g/mol. The van der Waals surface area contributed by atoms with E-state index in [0.717, 1.165) is 22.9 Å². The van der Waals surface area contributed by atoms with Gasteiger partial charge in [-0.05, 0) is 28.8 Å². The molecule has 176 valence electrons. The van der Waals surface area contributed by atoms with Gasteiger partial charge < -0.3 is 21.2 Å². The van der Waals surface area contributed by atoms with Gasteiger partial charge in [-0.1, -0.05) is 48.2 Å². The summed E-state index contributed by atoms with van der Waals surface area (Å²) in [6.07, 6.45) is 0. The molecule has 3 aromatic rings. The van der Waals surface area contributed by atoms with Gasteiger partial charge in [0.1, 0.15) is 23.5 Å². The van der Waals surface area contributed by atoms with Crippen molar-refractivity contribution >= 4 is 23.5 Å². The smallest absolute Gasteiger partial charge is 0.267 e. The highest BCUT2D eigenvalue weighted by Gasteiger charge is 2.20. The molecule has 0 radical (unpaired) electrons. The van der Waals surface area contributed by atoms with Crippen LogP contribution in [-0.2, 0) is 0 Å². The Morgan fingerprint density at radius 1 is 1.03 bits per heavy atom. The zero-order valence-electron chi connectivity index (χ0n) is 19.0. The third-order valence-electron chi connectivity index (χ3n) is 5.13. The number of hydrazine groups is 1. The first-order valence-corrected chi connectivity index (χ1v) is 11.2. The van der Waals surface area contributed by atoms with Gasteiger partial charge in [-0.3, -0.25) is 9.59 Å². The van der Waals surface area contributed by atoms with Crippen molar-refractivity contribution in [3.05, 3.63) is 75.6 Å². The predicted octanol–water partition coefficient (Wildman–Crippen LogP) is 1.98. The molecular weight excluding hydrogens is 464 g/mol. The van der Waals surface area contributed by atoms with Crippen LogP contribution in [0.1, 0.15) is 21.5 Å². The van der Waals surface area contributed by atoms with E-state index in [1.807, 2.05) is 30.3 Å². The Kier molecular flexibility index (Phi) is 7.89. The summed E-state index contributed by atoms with van der Waals surface area (Å²) in [4.78, 5) is 28.8. The number of aromatic nitrogens is 1. The summed E-state index contributed by atoms with van der Waals surface area (Å²) in [5.74, 6) is 10.9. The van der Waals surface area contributed by atoms with Crippen LogP contribution < -0.4 is 22.7 Å². The van der Waals surface area contributed by atoms with Crippen LogP contribution in [0.3, 0.4) is 0 Å². The number of nitrogens with two attached hydrogens (primary N) is 2. The van der Waals surface area contributed by atoms with Crippen LogP contribution in [-0.4, -0.2) is 41.5 Å². The lowest BCUT2D eigenvalue weighted by atomic mass is 9.95. The third kappa shape index (κ3) is 5.33. The average Bonchev–Trinajstić information content (AvgIpc) is 2.88. The molecule has 0 aliphatic rings. The topological polar surface area (TPSA) is 177 Å². The number of carbonyl (C=O) groups is 1. The number of amidine groups is 1. The monoisotopic (exact) mass is 486 g/mol. The number of hydrogen-bond donors (Lipinski definition) is 4. The van der Waals surface area contributed by atoms with E-state index in [-0.39, 0.29) is 39.2 Å². The molecule has 1 heterocycles. The SMILES string of the molecule is CN(C)C(=O)c1ccc(-c2ccc(-c3c(C#N)c(SC/C(=N/N)NN)[nH]c(=O)c3C#N)cc2)cc1. The molecule has 0 fully saturated rings. The summed E-state index contributed by atoms with van der Waals surface area (Å²) in [6, 6.07) is 18.3. The molecule has 10 nitrogen and oxygen atoms in total. The molecule has 3 rings (SSSR count). The molecule has 0 unspecified atom stereocenters. The van der Waals surface area contributed by atoms with Crippen molar-refractivity contribution in [1.82, 2.24) is 15.3 Å². The molecule has 0 saturated carbocycles. The van der Waals surface area contributed by atoms with Crippen LogP contribution >= 0.6 is 11.8 Å². The van der Waals surface area contributed by atoms with E-state index in [4.69, 9.17) is 11.7 Å². The Labute approximate surface area is 205 Å². The first-order chi connectivity index (χ1) is 16.8. The first-order valence-electron chi connectivity index (χ1n) is 10.2. The van der Waals surface area contributed by atoms with E-state index in [9.17, 15) is 20.1 Å². The van der Waals surface area contributed by atoms with E-state index >= 15 is 0 Å². The van der Waals surface area contributed by atoms with Crippen molar-refractivity contribution in [3.8, 4) is 34.4 Å². The number of hydrogen-bond acceptors (Lipinski definition) is 8. The number of nitrogens with zero attached hydrogens (tertiary/aromatic N) is 4. The molecule has 0 spiro atoms. The summed E-state index contributed by atoms with van der Waals surface area (Å²) in [5.41, 5.74) is 4.83.